The average molecular weight is 261 g/mol. The lowest BCUT2D eigenvalue weighted by Crippen LogP contribution is -2.20. The molecule has 1 aromatic rings. The first kappa shape index (κ1) is 13.3. The molecule has 1 saturated carbocycles. The molecule has 0 bridgehead atoms. The summed E-state index contributed by atoms with van der Waals surface area (Å²) >= 11 is 0. The Bertz CT molecular complexity index is 421. The van der Waals surface area contributed by atoms with Crippen molar-refractivity contribution in [2.75, 3.05) is 0 Å². The fraction of sp³-hybridized carbons (Fsp3) is 0.538. The first-order chi connectivity index (χ1) is 8.39. The van der Waals surface area contributed by atoms with Gasteiger partial charge in [0.15, 0.2) is 0 Å². The Hall–Kier alpha value is -1.10. The minimum atomic E-state index is -4.67. The fourth-order valence-electron chi connectivity index (χ4n) is 2.56. The van der Waals surface area contributed by atoms with Crippen LogP contribution >= 0.6 is 0 Å². The standard InChI is InChI=1S/C13H15F4N/c14-11-6-5-9(7-10(11)13(15,16)17)12(18)8-3-1-2-4-8/h5-8,12H,1-4,18H2/t12-/m0/s1. The highest BCUT2D eigenvalue weighted by atomic mass is 19.4. The highest BCUT2D eigenvalue weighted by Gasteiger charge is 2.35. The van der Waals surface area contributed by atoms with Crippen molar-refractivity contribution in [2.45, 2.75) is 37.9 Å². The van der Waals surface area contributed by atoms with E-state index >= 15 is 0 Å². The molecule has 0 saturated heterocycles. The minimum Gasteiger partial charge on any atom is -0.324 e. The van der Waals surface area contributed by atoms with Crippen LogP contribution in [0.5, 0.6) is 0 Å². The van der Waals surface area contributed by atoms with E-state index in [0.717, 1.165) is 37.8 Å². The van der Waals surface area contributed by atoms with Crippen LogP contribution in [0.3, 0.4) is 0 Å². The van der Waals surface area contributed by atoms with Crippen LogP contribution in [-0.4, -0.2) is 0 Å². The van der Waals surface area contributed by atoms with Crippen molar-refractivity contribution in [3.8, 4) is 0 Å². The summed E-state index contributed by atoms with van der Waals surface area (Å²) in [5, 5.41) is 0. The van der Waals surface area contributed by atoms with Gasteiger partial charge in [0, 0.05) is 6.04 Å². The average Bonchev–Trinajstić information content (AvgIpc) is 2.80. The lowest BCUT2D eigenvalue weighted by molar-refractivity contribution is -0.140. The molecular formula is C13H15F4N. The molecule has 0 spiro atoms. The van der Waals surface area contributed by atoms with E-state index in [9.17, 15) is 17.6 Å². The molecule has 0 amide bonds. The van der Waals surface area contributed by atoms with Crippen LogP contribution in [0.4, 0.5) is 17.6 Å². The number of halogens is 4. The highest BCUT2D eigenvalue weighted by molar-refractivity contribution is 5.29. The summed E-state index contributed by atoms with van der Waals surface area (Å²) in [5.74, 6) is -1.04. The van der Waals surface area contributed by atoms with Gasteiger partial charge in [-0.3, -0.25) is 0 Å². The van der Waals surface area contributed by atoms with Crippen molar-refractivity contribution in [3.05, 3.63) is 35.1 Å². The molecule has 5 heteroatoms. The Morgan fingerprint density at radius 2 is 1.78 bits per heavy atom. The summed E-state index contributed by atoms with van der Waals surface area (Å²) in [6.07, 6.45) is -0.688. The van der Waals surface area contributed by atoms with E-state index in [2.05, 4.69) is 0 Å². The van der Waals surface area contributed by atoms with Gasteiger partial charge >= 0.3 is 6.18 Å². The van der Waals surface area contributed by atoms with Crippen LogP contribution in [0.15, 0.2) is 18.2 Å². The molecule has 2 rings (SSSR count). The molecule has 1 nitrogen and oxygen atoms in total. The Balaban J connectivity index is 2.28. The molecule has 0 unspecified atom stereocenters. The van der Waals surface area contributed by atoms with Gasteiger partial charge < -0.3 is 5.73 Å². The summed E-state index contributed by atoms with van der Waals surface area (Å²) in [7, 11) is 0. The topological polar surface area (TPSA) is 26.0 Å². The third-order valence-corrected chi connectivity index (χ3v) is 3.59. The van der Waals surface area contributed by atoms with Gasteiger partial charge in [0.25, 0.3) is 0 Å². The summed E-state index contributed by atoms with van der Waals surface area (Å²) in [6.45, 7) is 0. The van der Waals surface area contributed by atoms with Crippen molar-refractivity contribution in [2.24, 2.45) is 11.7 Å². The van der Waals surface area contributed by atoms with Crippen LogP contribution in [0.1, 0.15) is 42.9 Å². The van der Waals surface area contributed by atoms with Crippen LogP contribution in [-0.2, 0) is 6.18 Å². The Kier molecular flexibility index (Phi) is 3.61. The van der Waals surface area contributed by atoms with Crippen molar-refractivity contribution >= 4 is 0 Å². The third kappa shape index (κ3) is 2.66. The SMILES string of the molecule is N[C@H](c1ccc(F)c(C(F)(F)F)c1)C1CCCC1. The number of rotatable bonds is 2. The largest absolute Gasteiger partial charge is 0.419 e. The van der Waals surface area contributed by atoms with Crippen LogP contribution in [0.2, 0.25) is 0 Å². The Labute approximate surface area is 103 Å². The maximum absolute atomic E-state index is 13.1. The van der Waals surface area contributed by atoms with Crippen LogP contribution in [0.25, 0.3) is 0 Å². The number of nitrogens with two attached hydrogens (primary N) is 1. The second-order valence-corrected chi connectivity index (χ2v) is 4.81. The molecule has 18 heavy (non-hydrogen) atoms. The van der Waals surface area contributed by atoms with Crippen molar-refractivity contribution in [1.82, 2.24) is 0 Å². The van der Waals surface area contributed by atoms with E-state index in [-0.39, 0.29) is 5.92 Å². The zero-order valence-electron chi connectivity index (χ0n) is 9.80. The minimum absolute atomic E-state index is 0.205. The van der Waals surface area contributed by atoms with Gasteiger partial charge in [-0.15, -0.1) is 0 Å². The smallest absolute Gasteiger partial charge is 0.324 e. The van der Waals surface area contributed by atoms with Crippen molar-refractivity contribution < 1.29 is 17.6 Å². The van der Waals surface area contributed by atoms with Gasteiger partial charge in [0.2, 0.25) is 0 Å². The Morgan fingerprint density at radius 3 is 2.33 bits per heavy atom. The van der Waals surface area contributed by atoms with Gasteiger partial charge in [-0.25, -0.2) is 4.39 Å². The predicted octanol–water partition coefficient (Wildman–Crippen LogP) is 4.03. The van der Waals surface area contributed by atoms with Crippen molar-refractivity contribution in [3.63, 3.8) is 0 Å². The van der Waals surface area contributed by atoms with Gasteiger partial charge in [0.1, 0.15) is 5.82 Å². The van der Waals surface area contributed by atoms with Crippen LogP contribution < -0.4 is 5.73 Å². The lowest BCUT2D eigenvalue weighted by atomic mass is 9.91. The summed E-state index contributed by atoms with van der Waals surface area (Å²) in [5.41, 5.74) is 5.12. The van der Waals surface area contributed by atoms with Gasteiger partial charge in [0.05, 0.1) is 5.56 Å². The number of benzene rings is 1. The zero-order chi connectivity index (χ0) is 13.3. The van der Waals surface area contributed by atoms with Gasteiger partial charge in [-0.1, -0.05) is 18.9 Å². The second-order valence-electron chi connectivity index (χ2n) is 4.81. The molecule has 1 fully saturated rings. The highest BCUT2D eigenvalue weighted by Crippen LogP contribution is 2.37. The van der Waals surface area contributed by atoms with E-state index in [4.69, 9.17) is 5.73 Å². The van der Waals surface area contributed by atoms with Crippen LogP contribution in [0, 0.1) is 11.7 Å². The number of hydrogen-bond acceptors (Lipinski definition) is 1. The lowest BCUT2D eigenvalue weighted by Gasteiger charge is -2.20. The molecule has 1 aliphatic carbocycles. The van der Waals surface area contributed by atoms with E-state index in [1.54, 1.807) is 0 Å². The monoisotopic (exact) mass is 261 g/mol. The third-order valence-electron chi connectivity index (χ3n) is 3.59. The maximum Gasteiger partial charge on any atom is 0.419 e. The first-order valence-corrected chi connectivity index (χ1v) is 6.02. The van der Waals surface area contributed by atoms with E-state index in [1.165, 1.54) is 6.07 Å². The molecule has 1 aromatic carbocycles. The first-order valence-electron chi connectivity index (χ1n) is 6.02. The normalized spacial score (nSPS) is 19.2. The van der Waals surface area contributed by atoms with E-state index < -0.39 is 23.6 Å². The molecule has 2 N–H and O–H groups in total. The van der Waals surface area contributed by atoms with E-state index in [1.807, 2.05) is 0 Å². The van der Waals surface area contributed by atoms with E-state index in [0.29, 0.717) is 5.56 Å². The molecule has 0 aromatic heterocycles. The molecule has 0 radical (unpaired) electrons. The molecule has 0 heterocycles. The zero-order valence-corrected chi connectivity index (χ0v) is 9.80. The quantitative estimate of drug-likeness (QED) is 0.799. The fourth-order valence-corrected chi connectivity index (χ4v) is 2.56. The molecular weight excluding hydrogens is 246 g/mol. The molecule has 0 aliphatic heterocycles. The summed E-state index contributed by atoms with van der Waals surface area (Å²) in [6, 6.07) is 2.62. The van der Waals surface area contributed by atoms with Crippen molar-refractivity contribution in [1.29, 1.82) is 0 Å². The molecule has 100 valence electrons. The maximum atomic E-state index is 13.1. The number of hydrogen-bond donors (Lipinski definition) is 1. The van der Waals surface area contributed by atoms with Gasteiger partial charge in [-0.05, 0) is 36.5 Å². The molecule has 1 aliphatic rings. The predicted molar refractivity (Wildman–Crippen MR) is 60.3 cm³/mol. The summed E-state index contributed by atoms with van der Waals surface area (Å²) < 4.78 is 50.9. The Morgan fingerprint density at radius 1 is 1.17 bits per heavy atom. The summed E-state index contributed by atoms with van der Waals surface area (Å²) in [4.78, 5) is 0. The number of alkyl halides is 3. The second kappa shape index (κ2) is 4.88. The van der Waals surface area contributed by atoms with Gasteiger partial charge in [-0.2, -0.15) is 13.2 Å². The molecule has 1 atom stereocenters.